The van der Waals surface area contributed by atoms with E-state index in [1.165, 1.54) is 30.2 Å². The van der Waals surface area contributed by atoms with Gasteiger partial charge in [0.15, 0.2) is 0 Å². The zero-order valence-electron chi connectivity index (χ0n) is 8.20. The van der Waals surface area contributed by atoms with E-state index < -0.39 is 0 Å². The van der Waals surface area contributed by atoms with Gasteiger partial charge in [-0.3, -0.25) is 0 Å². The summed E-state index contributed by atoms with van der Waals surface area (Å²) in [5.41, 5.74) is 6.46. The molecule has 0 bridgehead atoms. The fourth-order valence-corrected chi connectivity index (χ4v) is 2.48. The molecule has 2 nitrogen and oxygen atoms in total. The molecule has 1 aliphatic rings. The van der Waals surface area contributed by atoms with Crippen LogP contribution in [0.2, 0.25) is 0 Å². The number of benzene rings is 1. The molecule has 0 radical (unpaired) electrons. The molecule has 0 aliphatic carbocycles. The highest BCUT2D eigenvalue weighted by Crippen LogP contribution is 2.22. The van der Waals surface area contributed by atoms with Crippen molar-refractivity contribution in [3.8, 4) is 0 Å². The summed E-state index contributed by atoms with van der Waals surface area (Å²) >= 11 is 1.92. The van der Waals surface area contributed by atoms with Crippen molar-refractivity contribution in [1.29, 1.82) is 0 Å². The molecule has 2 rings (SSSR count). The van der Waals surface area contributed by atoms with Crippen LogP contribution in [0.5, 0.6) is 0 Å². The highest BCUT2D eigenvalue weighted by atomic mass is 32.2. The van der Waals surface area contributed by atoms with Gasteiger partial charge in [0.2, 0.25) is 0 Å². The van der Waals surface area contributed by atoms with Crippen molar-refractivity contribution in [2.45, 2.75) is 11.3 Å². The molecule has 14 heavy (non-hydrogen) atoms. The Balaban J connectivity index is 1.71. The maximum absolute atomic E-state index is 5.62. The third kappa shape index (κ3) is 2.66. The van der Waals surface area contributed by atoms with Gasteiger partial charge in [-0.25, -0.2) is 0 Å². The van der Waals surface area contributed by atoms with Crippen LogP contribution in [0.3, 0.4) is 0 Å². The van der Waals surface area contributed by atoms with Gasteiger partial charge < -0.3 is 11.1 Å². The Morgan fingerprint density at radius 1 is 1.29 bits per heavy atom. The summed E-state index contributed by atoms with van der Waals surface area (Å²) in [6.07, 6.45) is 1.32. The number of thioether (sulfide) groups is 1. The van der Waals surface area contributed by atoms with Gasteiger partial charge in [0.25, 0.3) is 0 Å². The third-order valence-electron chi connectivity index (χ3n) is 2.54. The van der Waals surface area contributed by atoms with Gasteiger partial charge in [-0.15, -0.1) is 11.8 Å². The second kappa shape index (κ2) is 4.71. The van der Waals surface area contributed by atoms with Crippen LogP contribution >= 0.6 is 11.8 Å². The quantitative estimate of drug-likeness (QED) is 0.587. The molecule has 76 valence electrons. The fourth-order valence-electron chi connectivity index (χ4n) is 1.46. The lowest BCUT2D eigenvalue weighted by molar-refractivity contribution is 0.341. The summed E-state index contributed by atoms with van der Waals surface area (Å²) in [6, 6.07) is 8.12. The first-order valence-electron chi connectivity index (χ1n) is 5.03. The van der Waals surface area contributed by atoms with Crippen LogP contribution in [0.4, 0.5) is 5.69 Å². The molecule has 0 spiro atoms. The molecular formula is C11H16N2S. The summed E-state index contributed by atoms with van der Waals surface area (Å²) < 4.78 is 0. The second-order valence-electron chi connectivity index (χ2n) is 3.73. The monoisotopic (exact) mass is 208 g/mol. The normalized spacial score (nSPS) is 16.6. The van der Waals surface area contributed by atoms with Crippen LogP contribution < -0.4 is 11.1 Å². The minimum Gasteiger partial charge on any atom is -0.399 e. The predicted molar refractivity (Wildman–Crippen MR) is 62.6 cm³/mol. The van der Waals surface area contributed by atoms with Crippen molar-refractivity contribution < 1.29 is 0 Å². The van der Waals surface area contributed by atoms with Gasteiger partial charge in [-0.2, -0.15) is 0 Å². The van der Waals surface area contributed by atoms with Gasteiger partial charge in [-0.05, 0) is 55.4 Å². The van der Waals surface area contributed by atoms with Crippen molar-refractivity contribution in [2.75, 3.05) is 24.6 Å². The van der Waals surface area contributed by atoms with E-state index in [-0.39, 0.29) is 0 Å². The molecule has 1 fully saturated rings. The Kier molecular flexibility index (Phi) is 3.32. The first-order valence-corrected chi connectivity index (χ1v) is 6.02. The lowest BCUT2D eigenvalue weighted by atomic mass is 10.0. The molecule has 0 amide bonds. The second-order valence-corrected chi connectivity index (χ2v) is 4.90. The van der Waals surface area contributed by atoms with Crippen LogP contribution in [0.25, 0.3) is 0 Å². The van der Waals surface area contributed by atoms with E-state index in [1.807, 2.05) is 23.9 Å². The van der Waals surface area contributed by atoms with Crippen LogP contribution in [0, 0.1) is 5.92 Å². The summed E-state index contributed by atoms with van der Waals surface area (Å²) in [6.45, 7) is 2.42. The SMILES string of the molecule is Nc1ccc(SCCC2CNC2)cc1. The first-order chi connectivity index (χ1) is 6.84. The average Bonchev–Trinajstić information content (AvgIpc) is 2.12. The van der Waals surface area contributed by atoms with Crippen LogP contribution in [0.15, 0.2) is 29.2 Å². The summed E-state index contributed by atoms with van der Waals surface area (Å²) in [4.78, 5) is 1.33. The summed E-state index contributed by atoms with van der Waals surface area (Å²) in [5, 5.41) is 3.29. The van der Waals surface area contributed by atoms with Gasteiger partial charge in [0, 0.05) is 10.6 Å². The maximum atomic E-state index is 5.62. The minimum absolute atomic E-state index is 0.845. The highest BCUT2D eigenvalue weighted by Gasteiger charge is 2.15. The number of rotatable bonds is 4. The van der Waals surface area contributed by atoms with E-state index in [0.717, 1.165) is 11.6 Å². The molecule has 1 saturated heterocycles. The smallest absolute Gasteiger partial charge is 0.0314 e. The number of nitrogens with one attached hydrogen (secondary N) is 1. The zero-order chi connectivity index (χ0) is 9.80. The lowest BCUT2D eigenvalue weighted by Gasteiger charge is -2.26. The molecule has 1 aromatic carbocycles. The Morgan fingerprint density at radius 2 is 2.00 bits per heavy atom. The van der Waals surface area contributed by atoms with Gasteiger partial charge in [0.05, 0.1) is 0 Å². The molecule has 0 unspecified atom stereocenters. The van der Waals surface area contributed by atoms with E-state index in [4.69, 9.17) is 5.73 Å². The van der Waals surface area contributed by atoms with Gasteiger partial charge in [-0.1, -0.05) is 0 Å². The van der Waals surface area contributed by atoms with Gasteiger partial charge in [0.1, 0.15) is 0 Å². The van der Waals surface area contributed by atoms with Crippen LogP contribution in [-0.2, 0) is 0 Å². The Hall–Kier alpha value is -0.670. The predicted octanol–water partition coefficient (Wildman–Crippen LogP) is 1.97. The number of nitrogen functional groups attached to an aromatic ring is 1. The van der Waals surface area contributed by atoms with E-state index in [2.05, 4.69) is 17.4 Å². The van der Waals surface area contributed by atoms with E-state index in [1.54, 1.807) is 0 Å². The van der Waals surface area contributed by atoms with Crippen molar-refractivity contribution in [2.24, 2.45) is 5.92 Å². The average molecular weight is 208 g/mol. The fraction of sp³-hybridized carbons (Fsp3) is 0.455. The number of nitrogens with two attached hydrogens (primary N) is 1. The highest BCUT2D eigenvalue weighted by molar-refractivity contribution is 7.99. The van der Waals surface area contributed by atoms with Crippen molar-refractivity contribution in [1.82, 2.24) is 5.32 Å². The molecule has 0 atom stereocenters. The Morgan fingerprint density at radius 3 is 2.57 bits per heavy atom. The largest absolute Gasteiger partial charge is 0.399 e. The molecule has 1 aliphatic heterocycles. The molecule has 0 aromatic heterocycles. The van der Waals surface area contributed by atoms with Crippen LogP contribution in [-0.4, -0.2) is 18.8 Å². The van der Waals surface area contributed by atoms with E-state index in [9.17, 15) is 0 Å². The number of anilines is 1. The van der Waals surface area contributed by atoms with Gasteiger partial charge >= 0.3 is 0 Å². The summed E-state index contributed by atoms with van der Waals surface area (Å²) in [7, 11) is 0. The first kappa shape index (κ1) is 9.87. The van der Waals surface area contributed by atoms with Crippen molar-refractivity contribution in [3.63, 3.8) is 0 Å². The molecule has 1 heterocycles. The molecule has 0 saturated carbocycles. The lowest BCUT2D eigenvalue weighted by Crippen LogP contribution is -2.42. The van der Waals surface area contributed by atoms with E-state index >= 15 is 0 Å². The molecule has 3 N–H and O–H groups in total. The molecular weight excluding hydrogens is 192 g/mol. The molecule has 1 aromatic rings. The van der Waals surface area contributed by atoms with Crippen molar-refractivity contribution >= 4 is 17.4 Å². The molecule has 3 heteroatoms. The topological polar surface area (TPSA) is 38.0 Å². The number of hydrogen-bond acceptors (Lipinski definition) is 3. The minimum atomic E-state index is 0.845. The van der Waals surface area contributed by atoms with Crippen LogP contribution in [0.1, 0.15) is 6.42 Å². The van der Waals surface area contributed by atoms with E-state index in [0.29, 0.717) is 0 Å². The number of hydrogen-bond donors (Lipinski definition) is 2. The zero-order valence-corrected chi connectivity index (χ0v) is 9.02. The maximum Gasteiger partial charge on any atom is 0.0314 e. The third-order valence-corrected chi connectivity index (χ3v) is 3.59. The Labute approximate surface area is 89.3 Å². The summed E-state index contributed by atoms with van der Waals surface area (Å²) in [5.74, 6) is 2.13. The van der Waals surface area contributed by atoms with Crippen molar-refractivity contribution in [3.05, 3.63) is 24.3 Å². The Bertz CT molecular complexity index is 280. The standard InChI is InChI=1S/C11H16N2S/c12-10-1-3-11(4-2-10)14-6-5-9-7-13-8-9/h1-4,9,13H,5-8,12H2.